The van der Waals surface area contributed by atoms with Crippen LogP contribution < -0.4 is 16.2 Å². The quantitative estimate of drug-likeness (QED) is 0.897. The van der Waals surface area contributed by atoms with Crippen LogP contribution >= 0.6 is 0 Å². The summed E-state index contributed by atoms with van der Waals surface area (Å²) in [5, 5.41) is 10.5. The Morgan fingerprint density at radius 2 is 2.04 bits per heavy atom. The molecule has 6 heteroatoms. The lowest BCUT2D eigenvalue weighted by atomic mass is 10.0. The topological polar surface area (TPSA) is 71.5 Å². The van der Waals surface area contributed by atoms with Crippen molar-refractivity contribution in [3.05, 3.63) is 33.9 Å². The van der Waals surface area contributed by atoms with Gasteiger partial charge in [-0.3, -0.25) is 4.79 Å². The number of pyridine rings is 1. The molecule has 2 atom stereocenters. The largest absolute Gasteiger partial charge is 0.503 e. The van der Waals surface area contributed by atoms with Crippen molar-refractivity contribution in [2.24, 2.45) is 11.7 Å². The molecule has 1 aromatic carbocycles. The van der Waals surface area contributed by atoms with E-state index in [0.717, 1.165) is 43.4 Å². The smallest absolute Gasteiger partial charge is 0.293 e. The molecule has 2 aliphatic rings. The van der Waals surface area contributed by atoms with Gasteiger partial charge in [0.2, 0.25) is 0 Å². The van der Waals surface area contributed by atoms with Gasteiger partial charge in [-0.2, -0.15) is 0 Å². The Bertz CT molecular complexity index is 902. The highest BCUT2D eigenvalue weighted by Gasteiger charge is 2.32. The monoisotopic (exact) mass is 345 g/mol. The van der Waals surface area contributed by atoms with Crippen molar-refractivity contribution in [1.29, 1.82) is 0 Å². The number of fused-ring (bicyclic) bond motifs is 1. The third-order valence-electron chi connectivity index (χ3n) is 5.66. The Morgan fingerprint density at radius 3 is 2.64 bits per heavy atom. The Hall–Kier alpha value is -2.08. The molecule has 0 unspecified atom stereocenters. The third-order valence-corrected chi connectivity index (χ3v) is 5.66. The zero-order valence-corrected chi connectivity index (χ0v) is 14.6. The Labute approximate surface area is 145 Å². The highest BCUT2D eigenvalue weighted by atomic mass is 19.1. The number of hydrogen-bond acceptors (Lipinski definition) is 4. The predicted octanol–water partition coefficient (Wildman–Crippen LogP) is 2.66. The lowest BCUT2D eigenvalue weighted by Crippen LogP contribution is -2.30. The first-order valence-corrected chi connectivity index (χ1v) is 8.96. The van der Waals surface area contributed by atoms with Gasteiger partial charge >= 0.3 is 0 Å². The van der Waals surface area contributed by atoms with Gasteiger partial charge in [0.1, 0.15) is 5.82 Å². The third kappa shape index (κ3) is 2.59. The minimum absolute atomic E-state index is 0.0791. The van der Waals surface area contributed by atoms with Crippen molar-refractivity contribution in [3.8, 4) is 5.75 Å². The van der Waals surface area contributed by atoms with Crippen LogP contribution in [0.3, 0.4) is 0 Å². The average Bonchev–Trinajstić information content (AvgIpc) is 3.26. The number of aromatic hydroxyl groups is 1. The summed E-state index contributed by atoms with van der Waals surface area (Å²) < 4.78 is 16.6. The molecular weight excluding hydrogens is 321 g/mol. The maximum atomic E-state index is 14.9. The molecule has 1 saturated carbocycles. The van der Waals surface area contributed by atoms with E-state index in [4.69, 9.17) is 5.73 Å². The summed E-state index contributed by atoms with van der Waals surface area (Å²) in [4.78, 5) is 14.5. The number of aryl methyl sites for hydroxylation is 1. The Kier molecular flexibility index (Phi) is 3.76. The number of nitrogens with zero attached hydrogens (tertiary/aromatic N) is 2. The van der Waals surface area contributed by atoms with E-state index >= 15 is 0 Å². The molecule has 0 bridgehead atoms. The van der Waals surface area contributed by atoms with Gasteiger partial charge in [-0.05, 0) is 56.7 Å². The zero-order valence-electron chi connectivity index (χ0n) is 14.6. The normalized spacial score (nSPS) is 21.9. The number of rotatable bonds is 3. The van der Waals surface area contributed by atoms with Gasteiger partial charge in [-0.25, -0.2) is 4.39 Å². The summed E-state index contributed by atoms with van der Waals surface area (Å²) >= 11 is 0. The molecule has 2 fully saturated rings. The summed E-state index contributed by atoms with van der Waals surface area (Å²) in [6.07, 6.45) is 2.78. The summed E-state index contributed by atoms with van der Waals surface area (Å²) in [5.74, 6) is -0.278. The SMILES string of the molecule is Cc1c(N2CC[C@@H]([C@H](C)N)C2)c(F)cc2cc(O)c(=O)n(C3CC3)c12. The van der Waals surface area contributed by atoms with Crippen molar-refractivity contribution >= 4 is 16.6 Å². The number of halogens is 1. The molecule has 3 N–H and O–H groups in total. The first kappa shape index (κ1) is 16.4. The molecule has 1 aliphatic heterocycles. The number of aromatic nitrogens is 1. The van der Waals surface area contributed by atoms with Gasteiger partial charge in [0, 0.05) is 30.6 Å². The van der Waals surface area contributed by atoms with E-state index in [9.17, 15) is 14.3 Å². The van der Waals surface area contributed by atoms with Crippen LogP contribution in [0.5, 0.6) is 5.75 Å². The molecule has 2 heterocycles. The molecule has 1 aliphatic carbocycles. The molecule has 1 aromatic heterocycles. The minimum Gasteiger partial charge on any atom is -0.503 e. The van der Waals surface area contributed by atoms with E-state index < -0.39 is 0 Å². The Morgan fingerprint density at radius 1 is 1.32 bits per heavy atom. The highest BCUT2D eigenvalue weighted by molar-refractivity contribution is 5.89. The first-order valence-electron chi connectivity index (χ1n) is 8.96. The fourth-order valence-electron chi connectivity index (χ4n) is 4.13. The van der Waals surface area contributed by atoms with Crippen LogP contribution in [0.1, 0.15) is 37.8 Å². The average molecular weight is 345 g/mol. The maximum Gasteiger partial charge on any atom is 0.293 e. The molecule has 0 amide bonds. The van der Waals surface area contributed by atoms with Crippen molar-refractivity contribution in [3.63, 3.8) is 0 Å². The van der Waals surface area contributed by atoms with E-state index in [1.54, 1.807) is 4.57 Å². The molecule has 25 heavy (non-hydrogen) atoms. The van der Waals surface area contributed by atoms with Crippen LogP contribution in [0.25, 0.3) is 10.9 Å². The molecule has 1 saturated heterocycles. The van der Waals surface area contributed by atoms with E-state index in [0.29, 0.717) is 17.0 Å². The van der Waals surface area contributed by atoms with Gasteiger partial charge < -0.3 is 20.3 Å². The van der Waals surface area contributed by atoms with E-state index in [2.05, 4.69) is 0 Å². The van der Waals surface area contributed by atoms with Gasteiger partial charge in [0.15, 0.2) is 5.75 Å². The van der Waals surface area contributed by atoms with Gasteiger partial charge in [0.05, 0.1) is 11.2 Å². The van der Waals surface area contributed by atoms with Crippen molar-refractivity contribution in [1.82, 2.24) is 4.57 Å². The summed E-state index contributed by atoms with van der Waals surface area (Å²) in [6, 6.07) is 3.00. The fraction of sp³-hybridized carbons (Fsp3) is 0.526. The van der Waals surface area contributed by atoms with Gasteiger partial charge in [-0.1, -0.05) is 0 Å². The number of benzene rings is 1. The lowest BCUT2D eigenvalue weighted by molar-refractivity contribution is 0.460. The molecule has 0 radical (unpaired) electrons. The summed E-state index contributed by atoms with van der Waals surface area (Å²) in [6.45, 7) is 5.36. The maximum absolute atomic E-state index is 14.9. The summed E-state index contributed by atoms with van der Waals surface area (Å²) in [7, 11) is 0. The number of nitrogens with two attached hydrogens (primary N) is 1. The van der Waals surface area contributed by atoms with Crippen LogP contribution in [0.2, 0.25) is 0 Å². The fourth-order valence-corrected chi connectivity index (χ4v) is 4.13. The second kappa shape index (κ2) is 5.73. The molecule has 5 nitrogen and oxygen atoms in total. The van der Waals surface area contributed by atoms with Crippen LogP contribution in [-0.4, -0.2) is 28.8 Å². The van der Waals surface area contributed by atoms with E-state index in [-0.39, 0.29) is 29.2 Å². The van der Waals surface area contributed by atoms with Crippen molar-refractivity contribution in [2.75, 3.05) is 18.0 Å². The second-order valence-electron chi connectivity index (χ2n) is 7.56. The van der Waals surface area contributed by atoms with Gasteiger partial charge in [0.25, 0.3) is 5.56 Å². The second-order valence-corrected chi connectivity index (χ2v) is 7.56. The van der Waals surface area contributed by atoms with Crippen molar-refractivity contribution < 1.29 is 9.50 Å². The molecule has 2 aromatic rings. The van der Waals surface area contributed by atoms with E-state index in [1.807, 2.05) is 18.7 Å². The molecule has 0 spiro atoms. The number of anilines is 1. The molecule has 4 rings (SSSR count). The van der Waals surface area contributed by atoms with Crippen LogP contribution in [-0.2, 0) is 0 Å². The molecule has 134 valence electrons. The summed E-state index contributed by atoms with van der Waals surface area (Å²) in [5.41, 5.74) is 7.71. The number of hydrogen-bond donors (Lipinski definition) is 2. The van der Waals surface area contributed by atoms with Crippen LogP contribution in [0, 0.1) is 18.7 Å². The zero-order chi connectivity index (χ0) is 17.9. The highest BCUT2D eigenvalue weighted by Crippen LogP contribution is 2.40. The predicted molar refractivity (Wildman–Crippen MR) is 96.8 cm³/mol. The minimum atomic E-state index is -0.384. The van der Waals surface area contributed by atoms with Gasteiger partial charge in [-0.15, -0.1) is 0 Å². The van der Waals surface area contributed by atoms with Crippen LogP contribution in [0.4, 0.5) is 10.1 Å². The van der Waals surface area contributed by atoms with Crippen molar-refractivity contribution in [2.45, 2.75) is 45.2 Å². The van der Waals surface area contributed by atoms with Crippen LogP contribution in [0.15, 0.2) is 16.9 Å². The Balaban J connectivity index is 1.91. The molecular formula is C19H24FN3O2. The first-order chi connectivity index (χ1) is 11.9. The van der Waals surface area contributed by atoms with E-state index in [1.165, 1.54) is 12.1 Å². The lowest BCUT2D eigenvalue weighted by Gasteiger charge is -2.25. The standard InChI is InChI=1S/C19H24FN3O2/c1-10-17-13(8-16(24)19(25)23(17)14-3-4-14)7-15(20)18(10)22-6-5-12(9-22)11(2)21/h7-8,11-12,14,24H,3-6,9,21H2,1-2H3/t11-,12+/m0/s1.